The Kier molecular flexibility index (Phi) is 8.24. The Labute approximate surface area is 86.5 Å². The van der Waals surface area contributed by atoms with Gasteiger partial charge in [-0.2, -0.15) is 0 Å². The van der Waals surface area contributed by atoms with Gasteiger partial charge in [0.2, 0.25) is 6.41 Å². The Hall–Kier alpha value is -0.830. The molecule has 0 aromatic carbocycles. The number of carbonyl (C=O) groups excluding carboxylic acids is 1. The summed E-state index contributed by atoms with van der Waals surface area (Å²) in [6, 6.07) is 0. The summed E-state index contributed by atoms with van der Waals surface area (Å²) in [5.41, 5.74) is 11.3. The van der Waals surface area contributed by atoms with Gasteiger partial charge in [0.1, 0.15) is 0 Å². The van der Waals surface area contributed by atoms with Gasteiger partial charge in [0.25, 0.3) is 0 Å². The van der Waals surface area contributed by atoms with Crippen molar-refractivity contribution in [2.24, 2.45) is 17.4 Å². The molecule has 3 heteroatoms. The van der Waals surface area contributed by atoms with Crippen molar-refractivity contribution in [3.8, 4) is 0 Å². The number of carbonyl (C=O) groups is 1. The van der Waals surface area contributed by atoms with Crippen LogP contribution in [0.2, 0.25) is 0 Å². The van der Waals surface area contributed by atoms with E-state index in [2.05, 4.69) is 18.7 Å². The van der Waals surface area contributed by atoms with E-state index in [0.717, 1.165) is 12.5 Å². The molecule has 3 nitrogen and oxygen atoms in total. The van der Waals surface area contributed by atoms with Crippen LogP contribution >= 0.6 is 0 Å². The fourth-order valence-electron chi connectivity index (χ4n) is 1.83. The van der Waals surface area contributed by atoms with Crippen molar-refractivity contribution in [2.75, 3.05) is 6.54 Å². The lowest BCUT2D eigenvalue weighted by Crippen LogP contribution is -2.10. The number of rotatable bonds is 3. The van der Waals surface area contributed by atoms with Crippen LogP contribution in [-0.4, -0.2) is 13.0 Å². The van der Waals surface area contributed by atoms with Crippen LogP contribution in [0.3, 0.4) is 0 Å². The maximum atomic E-state index is 8.58. The predicted molar refractivity (Wildman–Crippen MR) is 59.6 cm³/mol. The highest BCUT2D eigenvalue weighted by Crippen LogP contribution is 2.26. The third-order valence-electron chi connectivity index (χ3n) is 2.54. The van der Waals surface area contributed by atoms with Gasteiger partial charge < -0.3 is 11.5 Å². The van der Waals surface area contributed by atoms with Gasteiger partial charge in [0, 0.05) is 0 Å². The second kappa shape index (κ2) is 8.75. The minimum absolute atomic E-state index is 0.250. The van der Waals surface area contributed by atoms with Crippen LogP contribution < -0.4 is 11.5 Å². The van der Waals surface area contributed by atoms with Crippen molar-refractivity contribution in [3.05, 3.63) is 11.6 Å². The van der Waals surface area contributed by atoms with Crippen LogP contribution in [0.15, 0.2) is 11.6 Å². The van der Waals surface area contributed by atoms with Crippen molar-refractivity contribution in [1.82, 2.24) is 0 Å². The molecule has 0 saturated carbocycles. The summed E-state index contributed by atoms with van der Waals surface area (Å²) < 4.78 is 0. The number of nitrogens with two attached hydrogens (primary N) is 2. The van der Waals surface area contributed by atoms with Crippen LogP contribution in [0.5, 0.6) is 0 Å². The number of hydrogen-bond donors (Lipinski definition) is 2. The number of hydrogen-bond acceptors (Lipinski definition) is 2. The van der Waals surface area contributed by atoms with E-state index < -0.39 is 0 Å². The van der Waals surface area contributed by atoms with Gasteiger partial charge in [-0.1, -0.05) is 18.6 Å². The molecule has 0 radical (unpaired) electrons. The molecule has 0 saturated heterocycles. The van der Waals surface area contributed by atoms with Crippen molar-refractivity contribution in [1.29, 1.82) is 0 Å². The molecule has 0 heterocycles. The Morgan fingerprint density at radius 2 is 2.29 bits per heavy atom. The molecule has 1 rings (SSSR count). The number of amides is 1. The topological polar surface area (TPSA) is 69.1 Å². The average Bonchev–Trinajstić information content (AvgIpc) is 2.20. The highest BCUT2D eigenvalue weighted by atomic mass is 16.1. The fourth-order valence-corrected chi connectivity index (χ4v) is 1.83. The molecule has 0 aromatic heterocycles. The molecular weight excluding hydrogens is 176 g/mol. The van der Waals surface area contributed by atoms with E-state index in [-0.39, 0.29) is 6.41 Å². The first kappa shape index (κ1) is 13.2. The van der Waals surface area contributed by atoms with Gasteiger partial charge in [0.05, 0.1) is 0 Å². The van der Waals surface area contributed by atoms with Crippen molar-refractivity contribution < 1.29 is 4.79 Å². The first-order valence-electron chi connectivity index (χ1n) is 5.33. The lowest BCUT2D eigenvalue weighted by Gasteiger charge is -2.19. The Morgan fingerprint density at radius 1 is 1.64 bits per heavy atom. The monoisotopic (exact) mass is 198 g/mol. The molecule has 1 aliphatic rings. The zero-order chi connectivity index (χ0) is 10.8. The van der Waals surface area contributed by atoms with Gasteiger partial charge in [-0.15, -0.1) is 0 Å². The fraction of sp³-hybridized carbons (Fsp3) is 0.727. The van der Waals surface area contributed by atoms with Gasteiger partial charge in [-0.25, -0.2) is 0 Å². The summed E-state index contributed by atoms with van der Waals surface area (Å²) in [5, 5.41) is 0. The molecule has 0 aliphatic heterocycles. The van der Waals surface area contributed by atoms with Crippen molar-refractivity contribution in [3.63, 3.8) is 0 Å². The zero-order valence-corrected chi connectivity index (χ0v) is 9.04. The number of primary amides is 1. The molecule has 1 unspecified atom stereocenters. The maximum absolute atomic E-state index is 8.58. The summed E-state index contributed by atoms with van der Waals surface area (Å²) >= 11 is 0. The van der Waals surface area contributed by atoms with Gasteiger partial charge in [-0.05, 0) is 44.6 Å². The first-order valence-corrected chi connectivity index (χ1v) is 5.33. The van der Waals surface area contributed by atoms with E-state index in [4.69, 9.17) is 10.5 Å². The molecule has 0 fully saturated rings. The Balaban J connectivity index is 0.000000500. The molecule has 1 amide bonds. The molecule has 4 N–H and O–H groups in total. The first-order chi connectivity index (χ1) is 6.78. The SMILES string of the molecule is CCC1=CC(CCN)CCC1.NC=O. The van der Waals surface area contributed by atoms with Crippen LogP contribution in [0, 0.1) is 5.92 Å². The lowest BCUT2D eigenvalue weighted by atomic mass is 9.87. The molecular formula is C11H22N2O. The van der Waals surface area contributed by atoms with E-state index in [1.807, 2.05) is 0 Å². The quantitative estimate of drug-likeness (QED) is 0.534. The highest BCUT2D eigenvalue weighted by Gasteiger charge is 2.10. The molecule has 1 aliphatic carbocycles. The van der Waals surface area contributed by atoms with E-state index in [0.29, 0.717) is 0 Å². The normalized spacial score (nSPS) is 20.4. The average molecular weight is 198 g/mol. The lowest BCUT2D eigenvalue weighted by molar-refractivity contribution is -0.106. The van der Waals surface area contributed by atoms with E-state index in [1.54, 1.807) is 5.57 Å². The molecule has 82 valence electrons. The predicted octanol–water partition coefficient (Wildman–Crippen LogP) is 1.57. The van der Waals surface area contributed by atoms with Gasteiger partial charge in [0.15, 0.2) is 0 Å². The maximum Gasteiger partial charge on any atom is 0.204 e. The standard InChI is InChI=1S/C10H19N.CH3NO/c1-2-9-4-3-5-10(8-9)6-7-11;2-1-3/h8,10H,2-7,11H2,1H3;1H,(H2,2,3). The molecule has 14 heavy (non-hydrogen) atoms. The third-order valence-corrected chi connectivity index (χ3v) is 2.54. The Bertz CT molecular complexity index is 178. The molecule has 1 atom stereocenters. The van der Waals surface area contributed by atoms with Gasteiger partial charge >= 0.3 is 0 Å². The highest BCUT2D eigenvalue weighted by molar-refractivity contribution is 5.42. The van der Waals surface area contributed by atoms with Crippen molar-refractivity contribution in [2.45, 2.75) is 39.0 Å². The third kappa shape index (κ3) is 5.75. The second-order valence-electron chi connectivity index (χ2n) is 3.54. The second-order valence-corrected chi connectivity index (χ2v) is 3.54. The minimum atomic E-state index is 0.250. The molecule has 0 bridgehead atoms. The van der Waals surface area contributed by atoms with E-state index in [9.17, 15) is 0 Å². The molecule has 0 spiro atoms. The summed E-state index contributed by atoms with van der Waals surface area (Å²) in [6.45, 7) is 3.09. The van der Waals surface area contributed by atoms with Crippen LogP contribution in [0.4, 0.5) is 0 Å². The van der Waals surface area contributed by atoms with Crippen LogP contribution in [0.25, 0.3) is 0 Å². The van der Waals surface area contributed by atoms with Gasteiger partial charge in [-0.3, -0.25) is 4.79 Å². The largest absolute Gasteiger partial charge is 0.372 e. The van der Waals surface area contributed by atoms with E-state index >= 15 is 0 Å². The van der Waals surface area contributed by atoms with Crippen LogP contribution in [0.1, 0.15) is 39.0 Å². The minimum Gasteiger partial charge on any atom is -0.372 e. The molecule has 0 aromatic rings. The summed E-state index contributed by atoms with van der Waals surface area (Å²) in [5.74, 6) is 0.795. The number of allylic oxidation sites excluding steroid dienone is 2. The van der Waals surface area contributed by atoms with Crippen LogP contribution in [-0.2, 0) is 4.79 Å². The van der Waals surface area contributed by atoms with Crippen molar-refractivity contribution >= 4 is 6.41 Å². The Morgan fingerprint density at radius 3 is 2.79 bits per heavy atom. The zero-order valence-electron chi connectivity index (χ0n) is 9.04. The van der Waals surface area contributed by atoms with E-state index in [1.165, 1.54) is 32.1 Å². The summed E-state index contributed by atoms with van der Waals surface area (Å²) in [4.78, 5) is 8.58. The smallest absolute Gasteiger partial charge is 0.204 e. The summed E-state index contributed by atoms with van der Waals surface area (Å²) in [7, 11) is 0. The summed E-state index contributed by atoms with van der Waals surface area (Å²) in [6.07, 6.45) is 9.20.